The molecule has 5 nitrogen and oxygen atoms in total. The molecule has 5 heteroatoms. The molecule has 0 aromatic carbocycles. The van der Waals surface area contributed by atoms with E-state index in [1.165, 1.54) is 0 Å². The maximum Gasteiger partial charge on any atom is 0.233 e. The minimum absolute atomic E-state index is 0.0587. The van der Waals surface area contributed by atoms with E-state index in [0.29, 0.717) is 13.2 Å². The van der Waals surface area contributed by atoms with E-state index < -0.39 is 5.41 Å². The molecule has 1 unspecified atom stereocenters. The molecule has 2 aliphatic rings. The molecule has 0 aromatic heterocycles. The third kappa shape index (κ3) is 2.00. The fourth-order valence-corrected chi connectivity index (χ4v) is 2.03. The number of nitrogens with zero attached hydrogens (tertiary/aromatic N) is 1. The van der Waals surface area contributed by atoms with Crippen LogP contribution in [-0.4, -0.2) is 61.9 Å². The van der Waals surface area contributed by atoms with Gasteiger partial charge >= 0.3 is 0 Å². The number of carbonyl (C=O) groups excluding carboxylic acids is 1. The summed E-state index contributed by atoms with van der Waals surface area (Å²) in [6.07, 6.45) is 0.991. The lowest BCUT2D eigenvalue weighted by Gasteiger charge is -2.38. The van der Waals surface area contributed by atoms with Crippen LogP contribution in [0.2, 0.25) is 0 Å². The summed E-state index contributed by atoms with van der Waals surface area (Å²) >= 11 is 0. The summed E-state index contributed by atoms with van der Waals surface area (Å²) in [5.41, 5.74) is -0.666. The van der Waals surface area contributed by atoms with E-state index in [0.717, 1.165) is 19.5 Å². The van der Waals surface area contributed by atoms with Gasteiger partial charge in [-0.3, -0.25) is 4.79 Å². The third-order valence-corrected chi connectivity index (χ3v) is 3.27. The Kier molecular flexibility index (Phi) is 2.95. The Balaban J connectivity index is 1.86. The second kappa shape index (κ2) is 4.08. The Morgan fingerprint density at radius 2 is 2.40 bits per heavy atom. The quantitative estimate of drug-likeness (QED) is 0.620. The molecule has 0 aromatic rings. The summed E-state index contributed by atoms with van der Waals surface area (Å²) in [6.45, 7) is 2.48. The number of amides is 1. The first-order valence-corrected chi connectivity index (χ1v) is 5.34. The smallest absolute Gasteiger partial charge is 0.233 e. The van der Waals surface area contributed by atoms with E-state index >= 15 is 0 Å². The predicted molar refractivity (Wildman–Crippen MR) is 54.4 cm³/mol. The van der Waals surface area contributed by atoms with Crippen molar-refractivity contribution in [2.75, 3.05) is 40.0 Å². The zero-order valence-corrected chi connectivity index (χ0v) is 9.03. The molecule has 2 heterocycles. The van der Waals surface area contributed by atoms with Crippen molar-refractivity contribution >= 4 is 5.91 Å². The topological polar surface area (TPSA) is 61.8 Å². The predicted octanol–water partition coefficient (Wildman–Crippen LogP) is -1.18. The van der Waals surface area contributed by atoms with Gasteiger partial charge in [0.15, 0.2) is 0 Å². The molecule has 15 heavy (non-hydrogen) atoms. The molecular weight excluding hydrogens is 196 g/mol. The SMILES string of the molecule is CN1CCC(NC(=O)C2(CO)COC2)C1. The highest BCUT2D eigenvalue weighted by atomic mass is 16.5. The monoisotopic (exact) mass is 214 g/mol. The van der Waals surface area contributed by atoms with Crippen LogP contribution < -0.4 is 5.32 Å². The minimum atomic E-state index is -0.666. The summed E-state index contributed by atoms with van der Waals surface area (Å²) in [4.78, 5) is 14.1. The van der Waals surface area contributed by atoms with Crippen LogP contribution in [0, 0.1) is 5.41 Å². The van der Waals surface area contributed by atoms with E-state index in [-0.39, 0.29) is 18.6 Å². The van der Waals surface area contributed by atoms with Crippen LogP contribution in [0.15, 0.2) is 0 Å². The second-order valence-electron chi connectivity index (χ2n) is 4.65. The molecule has 1 amide bonds. The number of aliphatic hydroxyl groups excluding tert-OH is 1. The van der Waals surface area contributed by atoms with Gasteiger partial charge in [-0.15, -0.1) is 0 Å². The van der Waals surface area contributed by atoms with E-state index in [4.69, 9.17) is 4.74 Å². The van der Waals surface area contributed by atoms with Crippen molar-refractivity contribution in [3.63, 3.8) is 0 Å². The molecule has 2 saturated heterocycles. The fraction of sp³-hybridized carbons (Fsp3) is 0.900. The highest BCUT2D eigenvalue weighted by molar-refractivity contribution is 5.84. The fourth-order valence-electron chi connectivity index (χ4n) is 2.03. The number of rotatable bonds is 3. The lowest BCUT2D eigenvalue weighted by Crippen LogP contribution is -2.58. The van der Waals surface area contributed by atoms with Crippen molar-refractivity contribution in [3.05, 3.63) is 0 Å². The molecular formula is C10H18N2O3. The molecule has 1 atom stereocenters. The second-order valence-corrected chi connectivity index (χ2v) is 4.65. The van der Waals surface area contributed by atoms with Crippen LogP contribution in [0.3, 0.4) is 0 Å². The number of hydrogen-bond acceptors (Lipinski definition) is 4. The van der Waals surface area contributed by atoms with Gasteiger partial charge in [-0.05, 0) is 20.0 Å². The van der Waals surface area contributed by atoms with Crippen molar-refractivity contribution in [2.24, 2.45) is 5.41 Å². The third-order valence-electron chi connectivity index (χ3n) is 3.27. The number of likely N-dealkylation sites (tertiary alicyclic amines) is 1. The number of carbonyl (C=O) groups is 1. The first-order chi connectivity index (χ1) is 7.16. The molecule has 2 fully saturated rings. The van der Waals surface area contributed by atoms with Crippen LogP contribution >= 0.6 is 0 Å². The van der Waals surface area contributed by atoms with E-state index in [2.05, 4.69) is 10.2 Å². The van der Waals surface area contributed by atoms with Crippen molar-refractivity contribution in [2.45, 2.75) is 12.5 Å². The Hall–Kier alpha value is -0.650. The molecule has 0 aliphatic carbocycles. The molecule has 2 N–H and O–H groups in total. The average molecular weight is 214 g/mol. The molecule has 0 saturated carbocycles. The van der Waals surface area contributed by atoms with Gasteiger partial charge in [0.1, 0.15) is 5.41 Å². The number of nitrogens with one attached hydrogen (secondary N) is 1. The Bertz CT molecular complexity index is 248. The molecule has 2 aliphatic heterocycles. The summed E-state index contributed by atoms with van der Waals surface area (Å²) < 4.78 is 5.00. The maximum absolute atomic E-state index is 11.9. The van der Waals surface area contributed by atoms with Gasteiger partial charge in [0.05, 0.1) is 19.8 Å². The normalized spacial score (nSPS) is 29.9. The van der Waals surface area contributed by atoms with E-state index in [1.807, 2.05) is 7.05 Å². The minimum Gasteiger partial charge on any atom is -0.395 e. The zero-order chi connectivity index (χ0) is 10.9. The molecule has 86 valence electrons. The number of hydrogen-bond donors (Lipinski definition) is 2. The first-order valence-electron chi connectivity index (χ1n) is 5.34. The van der Waals surface area contributed by atoms with E-state index in [9.17, 15) is 9.90 Å². The Morgan fingerprint density at radius 1 is 1.67 bits per heavy atom. The molecule has 0 bridgehead atoms. The highest BCUT2D eigenvalue weighted by Crippen LogP contribution is 2.27. The van der Waals surface area contributed by atoms with E-state index in [1.54, 1.807) is 0 Å². The van der Waals surface area contributed by atoms with Gasteiger partial charge in [0.2, 0.25) is 5.91 Å². The summed E-state index contributed by atoms with van der Waals surface area (Å²) in [7, 11) is 2.04. The van der Waals surface area contributed by atoms with Gasteiger partial charge in [-0.1, -0.05) is 0 Å². The Morgan fingerprint density at radius 3 is 2.80 bits per heavy atom. The van der Waals surface area contributed by atoms with Crippen LogP contribution in [-0.2, 0) is 9.53 Å². The van der Waals surface area contributed by atoms with Gasteiger partial charge in [-0.2, -0.15) is 0 Å². The van der Waals surface area contributed by atoms with Gasteiger partial charge in [0.25, 0.3) is 0 Å². The Labute approximate surface area is 89.4 Å². The standard InChI is InChI=1S/C10H18N2O3/c1-12-3-2-8(4-12)11-9(14)10(5-13)6-15-7-10/h8,13H,2-7H2,1H3,(H,11,14). The van der Waals surface area contributed by atoms with Gasteiger partial charge in [-0.25, -0.2) is 0 Å². The van der Waals surface area contributed by atoms with Crippen LogP contribution in [0.5, 0.6) is 0 Å². The lowest BCUT2D eigenvalue weighted by atomic mass is 9.85. The molecule has 2 rings (SSSR count). The van der Waals surface area contributed by atoms with Crippen molar-refractivity contribution < 1.29 is 14.6 Å². The highest BCUT2D eigenvalue weighted by Gasteiger charge is 2.46. The van der Waals surface area contributed by atoms with Gasteiger partial charge < -0.3 is 20.1 Å². The maximum atomic E-state index is 11.9. The number of likely N-dealkylation sites (N-methyl/N-ethyl adjacent to an activating group) is 1. The van der Waals surface area contributed by atoms with Crippen molar-refractivity contribution in [1.82, 2.24) is 10.2 Å². The molecule has 0 spiro atoms. The van der Waals surface area contributed by atoms with Crippen LogP contribution in [0.25, 0.3) is 0 Å². The van der Waals surface area contributed by atoms with Gasteiger partial charge in [0, 0.05) is 12.6 Å². The lowest BCUT2D eigenvalue weighted by molar-refractivity contribution is -0.170. The average Bonchev–Trinajstić information content (AvgIpc) is 2.50. The van der Waals surface area contributed by atoms with Crippen molar-refractivity contribution in [1.29, 1.82) is 0 Å². The number of ether oxygens (including phenoxy) is 1. The van der Waals surface area contributed by atoms with Crippen molar-refractivity contribution in [3.8, 4) is 0 Å². The first kappa shape index (κ1) is 10.9. The van der Waals surface area contributed by atoms with Crippen LogP contribution in [0.1, 0.15) is 6.42 Å². The van der Waals surface area contributed by atoms with Crippen LogP contribution in [0.4, 0.5) is 0 Å². The zero-order valence-electron chi connectivity index (χ0n) is 9.03. The molecule has 0 radical (unpaired) electrons. The largest absolute Gasteiger partial charge is 0.395 e. The summed E-state index contributed by atoms with van der Waals surface area (Å²) in [5, 5.41) is 12.2. The summed E-state index contributed by atoms with van der Waals surface area (Å²) in [6, 6.07) is 0.228. The number of aliphatic hydroxyl groups is 1. The summed E-state index contributed by atoms with van der Waals surface area (Å²) in [5.74, 6) is -0.0587.